The van der Waals surface area contributed by atoms with Crippen molar-refractivity contribution >= 4 is 17.3 Å². The van der Waals surface area contributed by atoms with Gasteiger partial charge in [0.25, 0.3) is 0 Å². The van der Waals surface area contributed by atoms with Crippen molar-refractivity contribution in [2.24, 2.45) is 4.99 Å². The molecule has 5 heteroatoms. The molecule has 1 rings (SSSR count). The standard InChI is InChI=1S/C13H24N4S/c1-4-14-13(15-7-8-17(3)5-2)16-10-12-6-9-18-11-12/h6,9,11H,4-5,7-8,10H2,1-3H3,(H2,14,15,16). The first-order valence-electron chi connectivity index (χ1n) is 6.48. The molecule has 102 valence electrons. The monoisotopic (exact) mass is 268 g/mol. The highest BCUT2D eigenvalue weighted by molar-refractivity contribution is 7.07. The van der Waals surface area contributed by atoms with Gasteiger partial charge in [0.1, 0.15) is 0 Å². The lowest BCUT2D eigenvalue weighted by Crippen LogP contribution is -2.40. The van der Waals surface area contributed by atoms with Crippen molar-refractivity contribution in [1.29, 1.82) is 0 Å². The molecule has 0 saturated heterocycles. The highest BCUT2D eigenvalue weighted by atomic mass is 32.1. The Morgan fingerprint density at radius 2 is 2.22 bits per heavy atom. The zero-order chi connectivity index (χ0) is 13.2. The first-order valence-corrected chi connectivity index (χ1v) is 7.42. The van der Waals surface area contributed by atoms with Crippen molar-refractivity contribution < 1.29 is 0 Å². The fourth-order valence-corrected chi connectivity index (χ4v) is 2.08. The van der Waals surface area contributed by atoms with E-state index in [1.165, 1.54) is 5.56 Å². The second kappa shape index (κ2) is 8.94. The molecule has 0 aliphatic heterocycles. The lowest BCUT2D eigenvalue weighted by Gasteiger charge is -2.16. The summed E-state index contributed by atoms with van der Waals surface area (Å²) in [6.07, 6.45) is 0. The van der Waals surface area contributed by atoms with E-state index in [9.17, 15) is 0 Å². The molecule has 1 heterocycles. The molecule has 0 atom stereocenters. The third-order valence-electron chi connectivity index (χ3n) is 2.67. The van der Waals surface area contributed by atoms with E-state index in [0.717, 1.165) is 38.7 Å². The molecule has 2 N–H and O–H groups in total. The maximum atomic E-state index is 4.56. The number of nitrogens with zero attached hydrogens (tertiary/aromatic N) is 2. The van der Waals surface area contributed by atoms with Crippen molar-refractivity contribution in [3.8, 4) is 0 Å². The van der Waals surface area contributed by atoms with Gasteiger partial charge in [-0.05, 0) is 42.9 Å². The molecule has 18 heavy (non-hydrogen) atoms. The summed E-state index contributed by atoms with van der Waals surface area (Å²) in [6.45, 7) is 8.89. The van der Waals surface area contributed by atoms with Crippen LogP contribution in [0.1, 0.15) is 19.4 Å². The maximum absolute atomic E-state index is 4.56. The number of hydrogen-bond acceptors (Lipinski definition) is 3. The van der Waals surface area contributed by atoms with Crippen LogP contribution >= 0.6 is 11.3 Å². The molecular weight excluding hydrogens is 244 g/mol. The summed E-state index contributed by atoms with van der Waals surface area (Å²) in [4.78, 5) is 6.83. The van der Waals surface area contributed by atoms with Gasteiger partial charge >= 0.3 is 0 Å². The van der Waals surface area contributed by atoms with Gasteiger partial charge < -0.3 is 15.5 Å². The molecule has 0 saturated carbocycles. The Kier molecular flexibility index (Phi) is 7.44. The first kappa shape index (κ1) is 15.0. The zero-order valence-corrected chi connectivity index (χ0v) is 12.4. The number of aliphatic imine (C=N–C) groups is 1. The summed E-state index contributed by atoms with van der Waals surface area (Å²) < 4.78 is 0. The molecule has 0 spiro atoms. The van der Waals surface area contributed by atoms with E-state index in [2.05, 4.69) is 58.2 Å². The summed E-state index contributed by atoms with van der Waals surface area (Å²) >= 11 is 1.71. The van der Waals surface area contributed by atoms with Crippen LogP contribution in [0.5, 0.6) is 0 Å². The second-order valence-corrected chi connectivity index (χ2v) is 4.93. The van der Waals surface area contributed by atoms with Gasteiger partial charge in [-0.1, -0.05) is 6.92 Å². The molecule has 0 bridgehead atoms. The summed E-state index contributed by atoms with van der Waals surface area (Å²) in [5.41, 5.74) is 1.27. The Morgan fingerprint density at radius 3 is 2.83 bits per heavy atom. The van der Waals surface area contributed by atoms with Crippen molar-refractivity contribution in [2.75, 3.05) is 33.2 Å². The Bertz CT molecular complexity index is 335. The molecule has 0 aromatic carbocycles. The molecular formula is C13H24N4S. The van der Waals surface area contributed by atoms with E-state index in [4.69, 9.17) is 0 Å². The SMILES string of the molecule is CCNC(=NCc1ccsc1)NCCN(C)CC. The van der Waals surface area contributed by atoms with Crippen molar-refractivity contribution in [2.45, 2.75) is 20.4 Å². The van der Waals surface area contributed by atoms with Crippen LogP contribution in [0, 0.1) is 0 Å². The van der Waals surface area contributed by atoms with E-state index in [1.807, 2.05) is 0 Å². The third kappa shape index (κ3) is 6.02. The third-order valence-corrected chi connectivity index (χ3v) is 3.40. The van der Waals surface area contributed by atoms with Gasteiger partial charge in [-0.3, -0.25) is 0 Å². The van der Waals surface area contributed by atoms with E-state index >= 15 is 0 Å². The van der Waals surface area contributed by atoms with E-state index < -0.39 is 0 Å². The molecule has 1 aromatic rings. The van der Waals surface area contributed by atoms with Crippen LogP contribution in [0.15, 0.2) is 21.8 Å². The molecule has 1 aromatic heterocycles. The summed E-state index contributed by atoms with van der Waals surface area (Å²) in [7, 11) is 2.12. The average Bonchev–Trinajstić information content (AvgIpc) is 2.88. The Hall–Kier alpha value is -1.07. The lowest BCUT2D eigenvalue weighted by molar-refractivity contribution is 0.357. The van der Waals surface area contributed by atoms with Gasteiger partial charge in [0, 0.05) is 19.6 Å². The zero-order valence-electron chi connectivity index (χ0n) is 11.6. The van der Waals surface area contributed by atoms with Crippen molar-refractivity contribution in [1.82, 2.24) is 15.5 Å². The fourth-order valence-electron chi connectivity index (χ4n) is 1.42. The quantitative estimate of drug-likeness (QED) is 0.585. The van der Waals surface area contributed by atoms with E-state index in [1.54, 1.807) is 11.3 Å². The Labute approximate surface area is 114 Å². The number of rotatable bonds is 7. The van der Waals surface area contributed by atoms with Gasteiger partial charge in [0.2, 0.25) is 0 Å². The first-order chi connectivity index (χ1) is 8.76. The van der Waals surface area contributed by atoms with E-state index in [-0.39, 0.29) is 0 Å². The van der Waals surface area contributed by atoms with Crippen LogP contribution in [0.25, 0.3) is 0 Å². The largest absolute Gasteiger partial charge is 0.357 e. The number of hydrogen-bond donors (Lipinski definition) is 2. The minimum absolute atomic E-state index is 0.739. The minimum atomic E-state index is 0.739. The van der Waals surface area contributed by atoms with Crippen LogP contribution in [-0.4, -0.2) is 44.1 Å². The predicted molar refractivity (Wildman–Crippen MR) is 80.3 cm³/mol. The second-order valence-electron chi connectivity index (χ2n) is 4.15. The van der Waals surface area contributed by atoms with Gasteiger partial charge in [-0.25, -0.2) is 4.99 Å². The molecule has 0 aliphatic rings. The highest BCUT2D eigenvalue weighted by Crippen LogP contribution is 2.06. The molecule has 4 nitrogen and oxygen atoms in total. The average molecular weight is 268 g/mol. The van der Waals surface area contributed by atoms with Crippen LogP contribution in [-0.2, 0) is 6.54 Å². The molecule has 0 amide bonds. The molecule has 0 aliphatic carbocycles. The summed E-state index contributed by atoms with van der Waals surface area (Å²) in [5.74, 6) is 0.896. The Balaban J connectivity index is 2.36. The van der Waals surface area contributed by atoms with E-state index in [0.29, 0.717) is 0 Å². The van der Waals surface area contributed by atoms with Crippen molar-refractivity contribution in [3.05, 3.63) is 22.4 Å². The number of thiophene rings is 1. The number of nitrogens with one attached hydrogen (secondary N) is 2. The Morgan fingerprint density at radius 1 is 1.39 bits per heavy atom. The smallest absolute Gasteiger partial charge is 0.191 e. The van der Waals surface area contributed by atoms with Crippen LogP contribution in [0.4, 0.5) is 0 Å². The van der Waals surface area contributed by atoms with Gasteiger partial charge in [-0.2, -0.15) is 11.3 Å². The number of likely N-dealkylation sites (N-methyl/N-ethyl adjacent to an activating group) is 1. The summed E-state index contributed by atoms with van der Waals surface area (Å²) in [6, 6.07) is 2.11. The lowest BCUT2D eigenvalue weighted by atomic mass is 10.3. The molecule has 0 fully saturated rings. The van der Waals surface area contributed by atoms with Gasteiger partial charge in [-0.15, -0.1) is 0 Å². The molecule has 0 unspecified atom stereocenters. The van der Waals surface area contributed by atoms with Gasteiger partial charge in [0.05, 0.1) is 6.54 Å². The topological polar surface area (TPSA) is 39.7 Å². The van der Waals surface area contributed by atoms with Crippen LogP contribution < -0.4 is 10.6 Å². The minimum Gasteiger partial charge on any atom is -0.357 e. The summed E-state index contributed by atoms with van der Waals surface area (Å²) in [5, 5.41) is 10.8. The number of guanidine groups is 1. The molecule has 0 radical (unpaired) electrons. The van der Waals surface area contributed by atoms with Crippen LogP contribution in [0.2, 0.25) is 0 Å². The maximum Gasteiger partial charge on any atom is 0.191 e. The van der Waals surface area contributed by atoms with Crippen molar-refractivity contribution in [3.63, 3.8) is 0 Å². The highest BCUT2D eigenvalue weighted by Gasteiger charge is 1.99. The normalized spacial score (nSPS) is 11.9. The fraction of sp³-hybridized carbons (Fsp3) is 0.615. The predicted octanol–water partition coefficient (Wildman–Crippen LogP) is 1.75. The van der Waals surface area contributed by atoms with Crippen LogP contribution in [0.3, 0.4) is 0 Å². The van der Waals surface area contributed by atoms with Gasteiger partial charge in [0.15, 0.2) is 5.96 Å².